The molecule has 1 aromatic carbocycles. The zero-order valence-electron chi connectivity index (χ0n) is 8.61. The van der Waals surface area contributed by atoms with Crippen molar-refractivity contribution in [1.82, 2.24) is 10.2 Å². The third-order valence-electron chi connectivity index (χ3n) is 1.98. The molecule has 2 aromatic rings. The van der Waals surface area contributed by atoms with Gasteiger partial charge in [0.2, 0.25) is 5.13 Å². The Balaban J connectivity index is 2.07. The number of hydrogen-bond donors (Lipinski definition) is 1. The van der Waals surface area contributed by atoms with Gasteiger partial charge in [-0.3, -0.25) is 0 Å². The quantitative estimate of drug-likeness (QED) is 0.891. The Hall–Kier alpha value is -1.69. The number of aromatic nitrogens is 2. The van der Waals surface area contributed by atoms with Crippen LogP contribution in [0.3, 0.4) is 0 Å². The maximum atomic E-state index is 13.0. The van der Waals surface area contributed by atoms with Crippen LogP contribution in [0.1, 0.15) is 10.6 Å². The molecular formula is C10H10FN3OS. The first-order valence-electron chi connectivity index (χ1n) is 4.62. The van der Waals surface area contributed by atoms with Gasteiger partial charge in [0.15, 0.2) is 5.01 Å². The van der Waals surface area contributed by atoms with E-state index in [2.05, 4.69) is 10.2 Å². The molecule has 0 aliphatic heterocycles. The van der Waals surface area contributed by atoms with Crippen molar-refractivity contribution in [3.05, 3.63) is 34.6 Å². The highest BCUT2D eigenvalue weighted by Crippen LogP contribution is 2.21. The Morgan fingerprint density at radius 3 is 2.94 bits per heavy atom. The van der Waals surface area contributed by atoms with Gasteiger partial charge in [0.1, 0.15) is 18.2 Å². The summed E-state index contributed by atoms with van der Waals surface area (Å²) in [5, 5.41) is 8.53. The molecule has 6 heteroatoms. The molecule has 2 rings (SSSR count). The summed E-state index contributed by atoms with van der Waals surface area (Å²) >= 11 is 1.25. The zero-order chi connectivity index (χ0) is 11.5. The van der Waals surface area contributed by atoms with Crippen LogP contribution in [-0.4, -0.2) is 10.2 Å². The number of nitrogens with zero attached hydrogens (tertiary/aromatic N) is 2. The first-order chi connectivity index (χ1) is 7.65. The second-order valence-electron chi connectivity index (χ2n) is 3.23. The van der Waals surface area contributed by atoms with Gasteiger partial charge in [-0.05, 0) is 18.6 Å². The molecule has 1 heterocycles. The van der Waals surface area contributed by atoms with Crippen LogP contribution < -0.4 is 10.5 Å². The van der Waals surface area contributed by atoms with E-state index < -0.39 is 0 Å². The smallest absolute Gasteiger partial charge is 0.203 e. The molecule has 2 N–H and O–H groups in total. The summed E-state index contributed by atoms with van der Waals surface area (Å²) in [4.78, 5) is 0. The summed E-state index contributed by atoms with van der Waals surface area (Å²) in [7, 11) is 0. The molecule has 0 aliphatic rings. The molecule has 1 aromatic heterocycles. The lowest BCUT2D eigenvalue weighted by Gasteiger charge is -2.06. The minimum atomic E-state index is -0.322. The third kappa shape index (κ3) is 2.46. The lowest BCUT2D eigenvalue weighted by molar-refractivity contribution is 0.301. The van der Waals surface area contributed by atoms with Gasteiger partial charge in [-0.2, -0.15) is 0 Å². The number of nitrogen functional groups attached to an aromatic ring is 1. The number of ether oxygens (including phenoxy) is 1. The van der Waals surface area contributed by atoms with Crippen molar-refractivity contribution in [2.45, 2.75) is 13.5 Å². The Morgan fingerprint density at radius 1 is 1.44 bits per heavy atom. The minimum absolute atomic E-state index is 0.249. The van der Waals surface area contributed by atoms with E-state index in [1.54, 1.807) is 6.07 Å². The topological polar surface area (TPSA) is 61.0 Å². The Kier molecular flexibility index (Phi) is 3.00. The molecule has 84 valence electrons. The van der Waals surface area contributed by atoms with E-state index in [4.69, 9.17) is 10.5 Å². The fourth-order valence-corrected chi connectivity index (χ4v) is 1.72. The predicted octanol–water partition coefficient (Wildman–Crippen LogP) is 2.15. The minimum Gasteiger partial charge on any atom is -0.486 e. The Bertz CT molecular complexity index is 501. The van der Waals surface area contributed by atoms with Crippen LogP contribution >= 0.6 is 11.3 Å². The summed E-state index contributed by atoms with van der Waals surface area (Å²) in [5.41, 5.74) is 6.30. The van der Waals surface area contributed by atoms with Gasteiger partial charge in [0, 0.05) is 6.07 Å². The SMILES string of the molecule is Cc1ccc(F)cc1OCc1nnc(N)s1. The highest BCUT2D eigenvalue weighted by Gasteiger charge is 2.05. The number of halogens is 1. The number of hydrogen-bond acceptors (Lipinski definition) is 5. The Morgan fingerprint density at radius 2 is 2.25 bits per heavy atom. The van der Waals surface area contributed by atoms with Crippen LogP contribution in [-0.2, 0) is 6.61 Å². The summed E-state index contributed by atoms with van der Waals surface area (Å²) in [6.07, 6.45) is 0. The molecule has 0 aliphatic carbocycles. The summed E-state index contributed by atoms with van der Waals surface area (Å²) in [6, 6.07) is 4.41. The third-order valence-corrected chi connectivity index (χ3v) is 2.71. The molecule has 0 amide bonds. The zero-order valence-corrected chi connectivity index (χ0v) is 9.42. The number of nitrogens with two attached hydrogens (primary N) is 1. The second-order valence-corrected chi connectivity index (χ2v) is 4.33. The molecule has 0 saturated heterocycles. The maximum absolute atomic E-state index is 13.0. The van der Waals surface area contributed by atoms with Gasteiger partial charge in [0.25, 0.3) is 0 Å². The number of benzene rings is 1. The van der Waals surface area contributed by atoms with Crippen molar-refractivity contribution in [3.63, 3.8) is 0 Å². The van der Waals surface area contributed by atoms with Crippen LogP contribution in [0.25, 0.3) is 0 Å². The van der Waals surface area contributed by atoms with E-state index in [9.17, 15) is 4.39 Å². The van der Waals surface area contributed by atoms with Gasteiger partial charge < -0.3 is 10.5 Å². The van der Waals surface area contributed by atoms with Crippen LogP contribution in [0.4, 0.5) is 9.52 Å². The lowest BCUT2D eigenvalue weighted by Crippen LogP contribution is -1.97. The van der Waals surface area contributed by atoms with Crippen molar-refractivity contribution in [2.24, 2.45) is 0 Å². The van der Waals surface area contributed by atoms with Crippen molar-refractivity contribution < 1.29 is 9.13 Å². The van der Waals surface area contributed by atoms with Crippen LogP contribution in [0.2, 0.25) is 0 Å². The molecule has 4 nitrogen and oxygen atoms in total. The number of rotatable bonds is 3. The van der Waals surface area contributed by atoms with Crippen LogP contribution in [0.15, 0.2) is 18.2 Å². The summed E-state index contributed by atoms with van der Waals surface area (Å²) in [5.74, 6) is 0.186. The van der Waals surface area contributed by atoms with Gasteiger partial charge in [-0.1, -0.05) is 17.4 Å². The first-order valence-corrected chi connectivity index (χ1v) is 5.43. The average molecular weight is 239 g/mol. The lowest BCUT2D eigenvalue weighted by atomic mass is 10.2. The fraction of sp³-hybridized carbons (Fsp3) is 0.200. The number of aryl methyl sites for hydroxylation is 1. The van der Waals surface area contributed by atoms with Crippen molar-refractivity contribution in [1.29, 1.82) is 0 Å². The highest BCUT2D eigenvalue weighted by atomic mass is 32.1. The van der Waals surface area contributed by atoms with E-state index in [1.165, 1.54) is 23.5 Å². The van der Waals surface area contributed by atoms with Crippen LogP contribution in [0.5, 0.6) is 5.75 Å². The van der Waals surface area contributed by atoms with Gasteiger partial charge in [-0.15, -0.1) is 10.2 Å². The highest BCUT2D eigenvalue weighted by molar-refractivity contribution is 7.15. The molecular weight excluding hydrogens is 229 g/mol. The first kappa shape index (κ1) is 10.8. The molecule has 0 fully saturated rings. The normalized spacial score (nSPS) is 10.4. The van der Waals surface area contributed by atoms with Crippen molar-refractivity contribution in [2.75, 3.05) is 5.73 Å². The fourth-order valence-electron chi connectivity index (χ4n) is 1.19. The van der Waals surface area contributed by atoms with Gasteiger partial charge in [-0.25, -0.2) is 4.39 Å². The molecule has 0 spiro atoms. The standard InChI is InChI=1S/C10H10FN3OS/c1-6-2-3-7(11)4-8(6)15-5-9-13-14-10(12)16-9/h2-4H,5H2,1H3,(H2,12,14). The maximum Gasteiger partial charge on any atom is 0.203 e. The Labute approximate surface area is 95.9 Å². The van der Waals surface area contributed by atoms with E-state index in [0.717, 1.165) is 5.56 Å². The summed E-state index contributed by atoms with van der Waals surface area (Å²) in [6.45, 7) is 2.10. The molecule has 16 heavy (non-hydrogen) atoms. The largest absolute Gasteiger partial charge is 0.486 e. The second kappa shape index (κ2) is 4.44. The molecule has 0 atom stereocenters. The van der Waals surface area contributed by atoms with Crippen LogP contribution in [0, 0.1) is 12.7 Å². The van der Waals surface area contributed by atoms with E-state index in [0.29, 0.717) is 15.9 Å². The molecule has 0 saturated carbocycles. The molecule has 0 unspecified atom stereocenters. The predicted molar refractivity (Wildman–Crippen MR) is 59.8 cm³/mol. The van der Waals surface area contributed by atoms with Gasteiger partial charge >= 0.3 is 0 Å². The van der Waals surface area contributed by atoms with Crippen molar-refractivity contribution >= 4 is 16.5 Å². The van der Waals surface area contributed by atoms with E-state index >= 15 is 0 Å². The van der Waals surface area contributed by atoms with Crippen molar-refractivity contribution in [3.8, 4) is 5.75 Å². The molecule has 0 radical (unpaired) electrons. The molecule has 0 bridgehead atoms. The van der Waals surface area contributed by atoms with E-state index in [1.807, 2.05) is 6.92 Å². The average Bonchev–Trinajstić information content (AvgIpc) is 2.66. The number of anilines is 1. The monoisotopic (exact) mass is 239 g/mol. The summed E-state index contributed by atoms with van der Waals surface area (Å²) < 4.78 is 18.4. The van der Waals surface area contributed by atoms with Gasteiger partial charge in [0.05, 0.1) is 0 Å². The van der Waals surface area contributed by atoms with E-state index in [-0.39, 0.29) is 12.4 Å².